The van der Waals surface area contributed by atoms with Gasteiger partial charge in [0.05, 0.1) is 19.3 Å². The number of hydrogen-bond acceptors (Lipinski definition) is 5. The van der Waals surface area contributed by atoms with Crippen LogP contribution in [0.3, 0.4) is 0 Å². The second-order valence-electron chi connectivity index (χ2n) is 5.13. The fourth-order valence-electron chi connectivity index (χ4n) is 2.39. The zero-order valence-corrected chi connectivity index (χ0v) is 12.3. The smallest absolute Gasteiger partial charge is 0.161 e. The molecule has 1 aromatic rings. The first kappa shape index (κ1) is 15.1. The molecule has 0 saturated carbocycles. The summed E-state index contributed by atoms with van der Waals surface area (Å²) >= 11 is 0. The van der Waals surface area contributed by atoms with E-state index in [4.69, 9.17) is 9.47 Å². The van der Waals surface area contributed by atoms with Crippen molar-refractivity contribution in [2.45, 2.75) is 19.6 Å². The van der Waals surface area contributed by atoms with Gasteiger partial charge < -0.3 is 19.9 Å². The fourth-order valence-corrected chi connectivity index (χ4v) is 2.39. The highest BCUT2D eigenvalue weighted by Gasteiger charge is 2.15. The molecule has 1 unspecified atom stereocenters. The molecule has 0 radical (unpaired) electrons. The van der Waals surface area contributed by atoms with Gasteiger partial charge in [-0.1, -0.05) is 6.07 Å². The van der Waals surface area contributed by atoms with Crippen LogP contribution in [0.4, 0.5) is 0 Å². The van der Waals surface area contributed by atoms with E-state index in [-0.39, 0.29) is 11.9 Å². The van der Waals surface area contributed by atoms with Gasteiger partial charge in [-0.2, -0.15) is 0 Å². The Morgan fingerprint density at radius 2 is 2.35 bits per heavy atom. The predicted octanol–water partition coefficient (Wildman–Crippen LogP) is 1.21. The second-order valence-corrected chi connectivity index (χ2v) is 5.13. The number of phenolic OH excluding ortho intramolecular Hbond substituents is 1. The van der Waals surface area contributed by atoms with Crippen molar-refractivity contribution in [3.63, 3.8) is 0 Å². The molecular formula is C15H24N2O3. The van der Waals surface area contributed by atoms with E-state index >= 15 is 0 Å². The highest BCUT2D eigenvalue weighted by Crippen LogP contribution is 2.27. The number of aromatic hydroxyl groups is 1. The number of hydrogen-bond donors (Lipinski definition) is 2. The van der Waals surface area contributed by atoms with Crippen molar-refractivity contribution in [3.05, 3.63) is 23.8 Å². The summed E-state index contributed by atoms with van der Waals surface area (Å²) in [4.78, 5) is 2.22. The summed E-state index contributed by atoms with van der Waals surface area (Å²) < 4.78 is 11.1. The Morgan fingerprint density at radius 3 is 3.05 bits per heavy atom. The van der Waals surface area contributed by atoms with Crippen LogP contribution in [0.15, 0.2) is 18.2 Å². The molecule has 112 valence electrons. The molecule has 2 rings (SSSR count). The lowest BCUT2D eigenvalue weighted by atomic mass is 10.2. The van der Waals surface area contributed by atoms with Crippen LogP contribution in [0, 0.1) is 0 Å². The van der Waals surface area contributed by atoms with Crippen molar-refractivity contribution < 1.29 is 14.6 Å². The Hall–Kier alpha value is -1.30. The van der Waals surface area contributed by atoms with E-state index in [1.165, 1.54) is 0 Å². The number of rotatable bonds is 6. The van der Waals surface area contributed by atoms with Crippen LogP contribution in [0.1, 0.15) is 12.5 Å². The van der Waals surface area contributed by atoms with Crippen molar-refractivity contribution in [1.29, 1.82) is 0 Å². The van der Waals surface area contributed by atoms with Crippen LogP contribution in [-0.2, 0) is 11.3 Å². The third kappa shape index (κ3) is 4.37. The van der Waals surface area contributed by atoms with Crippen LogP contribution in [0.2, 0.25) is 0 Å². The molecule has 1 fully saturated rings. The van der Waals surface area contributed by atoms with E-state index in [2.05, 4.69) is 17.3 Å². The molecule has 20 heavy (non-hydrogen) atoms. The third-order valence-electron chi connectivity index (χ3n) is 3.30. The van der Waals surface area contributed by atoms with Crippen molar-refractivity contribution in [1.82, 2.24) is 10.2 Å². The van der Waals surface area contributed by atoms with Gasteiger partial charge >= 0.3 is 0 Å². The number of nitrogens with zero attached hydrogens (tertiary/aromatic N) is 1. The molecule has 1 atom stereocenters. The normalized spacial score (nSPS) is 19.2. The van der Waals surface area contributed by atoms with Crippen molar-refractivity contribution >= 4 is 0 Å². The van der Waals surface area contributed by atoms with Crippen molar-refractivity contribution in [2.24, 2.45) is 0 Å². The summed E-state index contributed by atoms with van der Waals surface area (Å²) in [5.41, 5.74) is 1.12. The molecule has 5 nitrogen and oxygen atoms in total. The van der Waals surface area contributed by atoms with Gasteiger partial charge in [-0.05, 0) is 31.7 Å². The molecule has 1 aliphatic heterocycles. The maximum atomic E-state index is 9.69. The van der Waals surface area contributed by atoms with E-state index < -0.39 is 0 Å². The topological polar surface area (TPSA) is 54.0 Å². The lowest BCUT2D eigenvalue weighted by molar-refractivity contribution is 0.00884. The standard InChI is InChI=1S/C15H24N2O3/c1-3-19-15-8-12(4-5-14(15)18)10-17(2)11-13-9-16-6-7-20-13/h4-5,8,13,16,18H,3,6-7,9-11H2,1-2H3. The minimum Gasteiger partial charge on any atom is -0.504 e. The first-order chi connectivity index (χ1) is 9.69. The zero-order chi connectivity index (χ0) is 14.4. The average molecular weight is 280 g/mol. The summed E-state index contributed by atoms with van der Waals surface area (Å²) in [5, 5.41) is 13.0. The highest BCUT2D eigenvalue weighted by molar-refractivity contribution is 5.41. The Balaban J connectivity index is 1.89. The van der Waals surface area contributed by atoms with E-state index in [0.717, 1.165) is 38.3 Å². The Kier molecular flexibility index (Phi) is 5.64. The number of benzene rings is 1. The maximum absolute atomic E-state index is 9.69. The van der Waals surface area contributed by atoms with E-state index in [1.807, 2.05) is 19.1 Å². The average Bonchev–Trinajstić information content (AvgIpc) is 2.44. The van der Waals surface area contributed by atoms with Gasteiger partial charge in [0.25, 0.3) is 0 Å². The molecule has 1 heterocycles. The first-order valence-electron chi connectivity index (χ1n) is 7.14. The summed E-state index contributed by atoms with van der Waals surface area (Å²) in [6.07, 6.45) is 0.247. The van der Waals surface area contributed by atoms with Crippen LogP contribution >= 0.6 is 0 Å². The SMILES string of the molecule is CCOc1cc(CN(C)CC2CNCCO2)ccc1O. The van der Waals surface area contributed by atoms with Gasteiger partial charge in [0.1, 0.15) is 0 Å². The molecule has 1 saturated heterocycles. The van der Waals surface area contributed by atoms with Crippen LogP contribution in [0.5, 0.6) is 11.5 Å². The fraction of sp³-hybridized carbons (Fsp3) is 0.600. The van der Waals surface area contributed by atoms with E-state index in [0.29, 0.717) is 12.4 Å². The largest absolute Gasteiger partial charge is 0.504 e. The van der Waals surface area contributed by atoms with Gasteiger partial charge in [0.2, 0.25) is 0 Å². The summed E-state index contributed by atoms with van der Waals surface area (Å²) in [7, 11) is 2.07. The molecule has 0 amide bonds. The lowest BCUT2D eigenvalue weighted by Gasteiger charge is -2.28. The second kappa shape index (κ2) is 7.47. The van der Waals surface area contributed by atoms with Gasteiger partial charge in [-0.15, -0.1) is 0 Å². The minimum absolute atomic E-state index is 0.193. The molecule has 1 aromatic carbocycles. The van der Waals surface area contributed by atoms with Crippen molar-refractivity contribution in [3.8, 4) is 11.5 Å². The number of morpholine rings is 1. The maximum Gasteiger partial charge on any atom is 0.161 e. The van der Waals surface area contributed by atoms with Crippen LogP contribution < -0.4 is 10.1 Å². The van der Waals surface area contributed by atoms with Crippen molar-refractivity contribution in [2.75, 3.05) is 39.9 Å². The number of phenols is 1. The quantitative estimate of drug-likeness (QED) is 0.820. The monoisotopic (exact) mass is 280 g/mol. The molecule has 5 heteroatoms. The van der Waals surface area contributed by atoms with Gasteiger partial charge in [0.15, 0.2) is 11.5 Å². The molecule has 2 N–H and O–H groups in total. The Labute approximate surface area is 120 Å². The van der Waals surface area contributed by atoms with Crippen LogP contribution in [0.25, 0.3) is 0 Å². The Bertz CT molecular complexity index is 420. The minimum atomic E-state index is 0.193. The van der Waals surface area contributed by atoms with E-state index in [1.54, 1.807) is 6.07 Å². The van der Waals surface area contributed by atoms with Gasteiger partial charge in [-0.25, -0.2) is 0 Å². The van der Waals surface area contributed by atoms with Gasteiger partial charge in [-0.3, -0.25) is 4.90 Å². The first-order valence-corrected chi connectivity index (χ1v) is 7.14. The van der Waals surface area contributed by atoms with E-state index in [9.17, 15) is 5.11 Å². The molecule has 0 spiro atoms. The van der Waals surface area contributed by atoms with Crippen LogP contribution in [-0.4, -0.2) is 56.0 Å². The molecule has 1 aliphatic rings. The number of ether oxygens (including phenoxy) is 2. The number of likely N-dealkylation sites (N-methyl/N-ethyl adjacent to an activating group) is 1. The molecule has 0 bridgehead atoms. The predicted molar refractivity (Wildman–Crippen MR) is 78.2 cm³/mol. The summed E-state index contributed by atoms with van der Waals surface area (Å²) in [6.45, 7) is 6.78. The lowest BCUT2D eigenvalue weighted by Crippen LogP contribution is -2.44. The molecular weight excluding hydrogens is 256 g/mol. The number of nitrogens with one attached hydrogen (secondary N) is 1. The Morgan fingerprint density at radius 1 is 1.50 bits per heavy atom. The van der Waals surface area contributed by atoms with Gasteiger partial charge in [0, 0.05) is 26.2 Å². The summed E-state index contributed by atoms with van der Waals surface area (Å²) in [6, 6.07) is 5.51. The molecule has 0 aliphatic carbocycles. The summed E-state index contributed by atoms with van der Waals surface area (Å²) in [5.74, 6) is 0.743. The highest BCUT2D eigenvalue weighted by atomic mass is 16.5. The molecule has 0 aromatic heterocycles. The third-order valence-corrected chi connectivity index (χ3v) is 3.30. The zero-order valence-electron chi connectivity index (χ0n) is 12.3.